The van der Waals surface area contributed by atoms with Gasteiger partial charge in [0.1, 0.15) is 0 Å². The van der Waals surface area contributed by atoms with Gasteiger partial charge < -0.3 is 5.11 Å². The lowest BCUT2D eigenvalue weighted by molar-refractivity contribution is -0.0847. The summed E-state index contributed by atoms with van der Waals surface area (Å²) in [4.78, 5) is 0. The average Bonchev–Trinajstić information content (AvgIpc) is 2.36. The van der Waals surface area contributed by atoms with Crippen LogP contribution in [0.1, 0.15) is 51.2 Å². The molecule has 1 rings (SSSR count). The van der Waals surface area contributed by atoms with Gasteiger partial charge in [0.2, 0.25) is 6.43 Å². The largest absolute Gasteiger partial charge is 0.385 e. The number of benzene rings is 1. The molecule has 0 spiro atoms. The van der Waals surface area contributed by atoms with Crippen LogP contribution >= 0.6 is 0 Å². The molecule has 0 amide bonds. The van der Waals surface area contributed by atoms with E-state index in [0.29, 0.717) is 11.5 Å². The molecule has 0 bridgehead atoms. The van der Waals surface area contributed by atoms with Gasteiger partial charge in [-0.15, -0.1) is 0 Å². The molecule has 0 heterocycles. The lowest BCUT2D eigenvalue weighted by Crippen LogP contribution is -2.36. The van der Waals surface area contributed by atoms with Crippen LogP contribution in [-0.4, -0.2) is 11.5 Å². The molecular weight excluding hydrogens is 234 g/mol. The van der Waals surface area contributed by atoms with Crippen LogP contribution in [0.4, 0.5) is 8.78 Å². The summed E-state index contributed by atoms with van der Waals surface area (Å²) < 4.78 is 25.7. The van der Waals surface area contributed by atoms with Crippen molar-refractivity contribution < 1.29 is 13.9 Å². The molecule has 3 heteroatoms. The van der Waals surface area contributed by atoms with Crippen molar-refractivity contribution in [1.82, 2.24) is 0 Å². The lowest BCUT2D eigenvalue weighted by atomic mass is 9.80. The van der Waals surface area contributed by atoms with Crippen molar-refractivity contribution in [3.63, 3.8) is 0 Å². The van der Waals surface area contributed by atoms with Crippen molar-refractivity contribution in [2.45, 2.75) is 52.1 Å². The molecule has 0 radical (unpaired) electrons. The van der Waals surface area contributed by atoms with Gasteiger partial charge in [0.05, 0.1) is 11.5 Å². The number of alkyl halides is 2. The number of aliphatic hydroxyl groups is 1. The van der Waals surface area contributed by atoms with E-state index in [1.54, 1.807) is 19.1 Å². The van der Waals surface area contributed by atoms with Gasteiger partial charge in [-0.1, -0.05) is 52.0 Å². The Kier molecular flexibility index (Phi) is 4.85. The van der Waals surface area contributed by atoms with Crippen LogP contribution in [0.15, 0.2) is 24.3 Å². The van der Waals surface area contributed by atoms with Crippen LogP contribution in [0.5, 0.6) is 0 Å². The first-order valence-electron chi connectivity index (χ1n) is 6.43. The molecule has 1 aromatic carbocycles. The zero-order valence-corrected chi connectivity index (χ0v) is 11.5. The Labute approximate surface area is 108 Å². The average molecular weight is 256 g/mol. The maximum absolute atomic E-state index is 12.8. The van der Waals surface area contributed by atoms with E-state index in [9.17, 15) is 13.9 Å². The third-order valence-corrected chi connectivity index (χ3v) is 3.75. The fourth-order valence-electron chi connectivity index (χ4n) is 2.15. The van der Waals surface area contributed by atoms with Crippen LogP contribution in [0.2, 0.25) is 0 Å². The summed E-state index contributed by atoms with van der Waals surface area (Å²) in [5.74, 6) is -0.686. The molecule has 1 nitrogen and oxygen atoms in total. The van der Waals surface area contributed by atoms with Crippen LogP contribution in [0.25, 0.3) is 0 Å². The number of rotatable bonds is 5. The van der Waals surface area contributed by atoms with Gasteiger partial charge in [-0.2, -0.15) is 0 Å². The van der Waals surface area contributed by atoms with Gasteiger partial charge in [-0.25, -0.2) is 8.78 Å². The zero-order valence-electron chi connectivity index (χ0n) is 11.5. The first kappa shape index (κ1) is 15.1. The maximum atomic E-state index is 12.8. The molecule has 1 aromatic rings. The highest BCUT2D eigenvalue weighted by Gasteiger charge is 2.39. The minimum atomic E-state index is -2.53. The maximum Gasteiger partial charge on any atom is 0.244 e. The summed E-state index contributed by atoms with van der Waals surface area (Å²) in [7, 11) is 0. The Morgan fingerprint density at radius 2 is 1.61 bits per heavy atom. The van der Waals surface area contributed by atoms with Crippen molar-refractivity contribution in [2.75, 3.05) is 0 Å². The Balaban J connectivity index is 3.08. The Morgan fingerprint density at radius 1 is 1.11 bits per heavy atom. The van der Waals surface area contributed by atoms with Crippen molar-refractivity contribution in [2.24, 2.45) is 5.92 Å². The van der Waals surface area contributed by atoms with Gasteiger partial charge in [0, 0.05) is 0 Å². The third-order valence-electron chi connectivity index (χ3n) is 3.75. The van der Waals surface area contributed by atoms with E-state index in [4.69, 9.17) is 0 Å². The highest BCUT2D eigenvalue weighted by molar-refractivity contribution is 5.29. The first-order chi connectivity index (χ1) is 8.32. The highest BCUT2D eigenvalue weighted by Crippen LogP contribution is 2.36. The summed E-state index contributed by atoms with van der Waals surface area (Å²) >= 11 is 0. The standard InChI is InChI=1S/C15H22F2O/c1-5-15(18,11(4)14(16)17)13-8-6-12(7-9-13)10(2)3/h6-11,14,18H,5H2,1-4H3. The third kappa shape index (κ3) is 2.89. The molecule has 102 valence electrons. The number of hydrogen-bond acceptors (Lipinski definition) is 1. The molecule has 0 aromatic heterocycles. The fraction of sp³-hybridized carbons (Fsp3) is 0.600. The number of halogens is 2. The normalized spacial score (nSPS) is 16.9. The zero-order chi connectivity index (χ0) is 13.9. The van der Waals surface area contributed by atoms with Crippen molar-refractivity contribution >= 4 is 0 Å². The summed E-state index contributed by atoms with van der Waals surface area (Å²) in [5, 5.41) is 10.5. The predicted octanol–water partition coefficient (Wildman–Crippen LogP) is 4.31. The minimum absolute atomic E-state index is 0.277. The quantitative estimate of drug-likeness (QED) is 0.832. The Hall–Kier alpha value is -0.960. The second-order valence-corrected chi connectivity index (χ2v) is 5.18. The Morgan fingerprint density at radius 3 is 1.94 bits per heavy atom. The fourth-order valence-corrected chi connectivity index (χ4v) is 2.15. The molecule has 0 aliphatic carbocycles. The van der Waals surface area contributed by atoms with E-state index in [2.05, 4.69) is 13.8 Å². The molecule has 2 atom stereocenters. The van der Waals surface area contributed by atoms with Gasteiger partial charge in [0.25, 0.3) is 0 Å². The van der Waals surface area contributed by atoms with E-state index in [1.165, 1.54) is 6.92 Å². The molecule has 0 aliphatic heterocycles. The first-order valence-corrected chi connectivity index (χ1v) is 6.43. The second kappa shape index (κ2) is 5.79. The SMILES string of the molecule is CCC(O)(c1ccc(C(C)C)cc1)C(C)C(F)F. The summed E-state index contributed by atoms with van der Waals surface area (Å²) in [5.41, 5.74) is 0.257. The smallest absolute Gasteiger partial charge is 0.244 e. The molecule has 0 saturated heterocycles. The molecular formula is C15H22F2O. The van der Waals surface area contributed by atoms with Crippen LogP contribution in [-0.2, 0) is 5.60 Å². The van der Waals surface area contributed by atoms with Crippen molar-refractivity contribution in [3.05, 3.63) is 35.4 Å². The topological polar surface area (TPSA) is 20.2 Å². The monoisotopic (exact) mass is 256 g/mol. The van der Waals surface area contributed by atoms with Crippen molar-refractivity contribution in [1.29, 1.82) is 0 Å². The second-order valence-electron chi connectivity index (χ2n) is 5.18. The molecule has 2 unspecified atom stereocenters. The van der Waals surface area contributed by atoms with Crippen LogP contribution in [0.3, 0.4) is 0 Å². The van der Waals surface area contributed by atoms with Gasteiger partial charge in [-0.3, -0.25) is 0 Å². The van der Waals surface area contributed by atoms with Crippen molar-refractivity contribution in [3.8, 4) is 0 Å². The lowest BCUT2D eigenvalue weighted by Gasteiger charge is -2.33. The van der Waals surface area contributed by atoms with Gasteiger partial charge in [0.15, 0.2) is 0 Å². The predicted molar refractivity (Wildman–Crippen MR) is 69.9 cm³/mol. The van der Waals surface area contributed by atoms with Gasteiger partial charge >= 0.3 is 0 Å². The molecule has 18 heavy (non-hydrogen) atoms. The molecule has 0 aliphatic rings. The molecule has 0 saturated carbocycles. The molecule has 1 N–H and O–H groups in total. The summed E-state index contributed by atoms with van der Waals surface area (Å²) in [6.07, 6.45) is -2.25. The van der Waals surface area contributed by atoms with E-state index in [0.717, 1.165) is 5.56 Å². The van der Waals surface area contributed by atoms with E-state index < -0.39 is 17.9 Å². The Bertz CT molecular complexity index is 373. The minimum Gasteiger partial charge on any atom is -0.385 e. The number of hydrogen-bond donors (Lipinski definition) is 1. The van der Waals surface area contributed by atoms with Gasteiger partial charge in [-0.05, 0) is 23.5 Å². The van der Waals surface area contributed by atoms with Crippen LogP contribution in [0, 0.1) is 5.92 Å². The van der Waals surface area contributed by atoms with E-state index in [1.807, 2.05) is 12.1 Å². The highest BCUT2D eigenvalue weighted by atomic mass is 19.3. The summed E-state index contributed by atoms with van der Waals surface area (Å²) in [6.45, 7) is 7.27. The molecule has 0 fully saturated rings. The summed E-state index contributed by atoms with van der Waals surface area (Å²) in [6, 6.07) is 7.33. The van der Waals surface area contributed by atoms with Crippen LogP contribution < -0.4 is 0 Å². The van der Waals surface area contributed by atoms with E-state index >= 15 is 0 Å². The van der Waals surface area contributed by atoms with E-state index in [-0.39, 0.29) is 6.42 Å².